The van der Waals surface area contributed by atoms with E-state index in [0.29, 0.717) is 21.1 Å². The maximum Gasteiger partial charge on any atom is 0.296 e. The summed E-state index contributed by atoms with van der Waals surface area (Å²) in [4.78, 5) is 28.3. The van der Waals surface area contributed by atoms with E-state index >= 15 is 0 Å². The van der Waals surface area contributed by atoms with Crippen molar-refractivity contribution in [3.05, 3.63) is 107 Å². The number of aromatic hydroxyl groups is 2. The minimum atomic E-state index is -1.25. The van der Waals surface area contributed by atoms with Crippen molar-refractivity contribution >= 4 is 50.9 Å². The summed E-state index contributed by atoms with van der Waals surface area (Å²) in [6, 6.07) is 20.9. The Hall–Kier alpha value is -4.61. The molecule has 0 fully saturated rings. The minimum Gasteiger partial charge on any atom is -0.508 e. The van der Waals surface area contributed by atoms with Gasteiger partial charge < -0.3 is 19.7 Å². The number of anilines is 1. The van der Waals surface area contributed by atoms with Crippen LogP contribution >= 0.6 is 23.1 Å². The quantitative estimate of drug-likeness (QED) is 0.129. The van der Waals surface area contributed by atoms with Crippen LogP contribution in [0.1, 0.15) is 27.7 Å². The Kier molecular flexibility index (Phi) is 6.29. The van der Waals surface area contributed by atoms with E-state index in [1.54, 1.807) is 24.3 Å². The molecule has 0 radical (unpaired) electrons. The first-order valence-corrected chi connectivity index (χ1v) is 13.5. The summed E-state index contributed by atoms with van der Waals surface area (Å²) in [5.74, 6) is -2.40. The summed E-state index contributed by atoms with van der Waals surface area (Å²) in [6.07, 6.45) is 0. The molecule has 3 aromatic carbocycles. The average Bonchev–Trinajstić information content (AvgIpc) is 3.64. The second kappa shape index (κ2) is 9.93. The molecule has 6 rings (SSSR count). The van der Waals surface area contributed by atoms with E-state index in [1.807, 2.05) is 30.3 Å². The van der Waals surface area contributed by atoms with Crippen molar-refractivity contribution < 1.29 is 29.3 Å². The van der Waals surface area contributed by atoms with Crippen LogP contribution < -0.4 is 4.90 Å². The number of para-hydroxylation sites is 1. The number of fused-ring (bicyclic) bond motifs is 1. The summed E-state index contributed by atoms with van der Waals surface area (Å²) in [5, 5.41) is 40.7. The van der Waals surface area contributed by atoms with Crippen molar-refractivity contribution in [1.82, 2.24) is 10.2 Å². The minimum absolute atomic E-state index is 0.0768. The molecule has 3 N–H and O–H groups in total. The van der Waals surface area contributed by atoms with Gasteiger partial charge in [0.2, 0.25) is 10.9 Å². The van der Waals surface area contributed by atoms with Crippen LogP contribution in [-0.2, 0) is 10.5 Å². The van der Waals surface area contributed by atoms with Crippen molar-refractivity contribution in [3.63, 3.8) is 0 Å². The first-order chi connectivity index (χ1) is 18.9. The number of hydrogen-bond donors (Lipinski definition) is 3. The third-order valence-corrected chi connectivity index (χ3v) is 8.34. The standard InChI is InChI=1S/C28H19N3O6S2/c32-17-10-11-18(19(33)13-17)23-22(24(34)21-12-16-8-4-5-9-20(16)37-21)25(35)26(36)31(23)27-29-30-28(39-27)38-14-15-6-2-1-3-7-15/h1-13,23,32-33,35H,14H2. The van der Waals surface area contributed by atoms with Crippen LogP contribution in [-0.4, -0.2) is 37.2 Å². The molecule has 194 valence electrons. The molecule has 1 aliphatic rings. The zero-order valence-electron chi connectivity index (χ0n) is 20.0. The SMILES string of the molecule is O=C(C1=C(O)C(=O)N(c2nnc(SCc3ccccc3)s2)C1c1ccc(O)cc1O)c1cc2ccccc2o1. The van der Waals surface area contributed by atoms with Gasteiger partial charge in [-0.15, -0.1) is 10.2 Å². The summed E-state index contributed by atoms with van der Waals surface area (Å²) in [5.41, 5.74) is 1.38. The van der Waals surface area contributed by atoms with Crippen LogP contribution in [0.25, 0.3) is 11.0 Å². The predicted octanol–water partition coefficient (Wildman–Crippen LogP) is 5.77. The van der Waals surface area contributed by atoms with Crippen LogP contribution in [0.4, 0.5) is 5.13 Å². The molecule has 0 spiro atoms. The van der Waals surface area contributed by atoms with Crippen LogP contribution in [0.15, 0.2) is 99.0 Å². The molecule has 0 aliphatic carbocycles. The molecule has 11 heteroatoms. The molecule has 9 nitrogen and oxygen atoms in total. The lowest BCUT2D eigenvalue weighted by molar-refractivity contribution is -0.117. The number of furan rings is 1. The topological polar surface area (TPSA) is 137 Å². The number of aliphatic hydroxyl groups is 1. The Bertz CT molecular complexity index is 1730. The molecular weight excluding hydrogens is 538 g/mol. The Labute approximate surface area is 229 Å². The summed E-state index contributed by atoms with van der Waals surface area (Å²) in [7, 11) is 0. The Morgan fingerprint density at radius 1 is 0.974 bits per heavy atom. The summed E-state index contributed by atoms with van der Waals surface area (Å²) < 4.78 is 6.30. The number of rotatable bonds is 7. The zero-order chi connectivity index (χ0) is 27.1. The molecule has 2 aromatic heterocycles. The number of aromatic nitrogens is 2. The van der Waals surface area contributed by atoms with Crippen LogP contribution in [0.3, 0.4) is 0 Å². The first kappa shape index (κ1) is 24.7. The third-order valence-electron chi connectivity index (χ3n) is 6.22. The predicted molar refractivity (Wildman–Crippen MR) is 146 cm³/mol. The summed E-state index contributed by atoms with van der Waals surface area (Å²) in [6.45, 7) is 0. The van der Waals surface area contributed by atoms with Gasteiger partial charge in [0.25, 0.3) is 5.91 Å². The first-order valence-electron chi connectivity index (χ1n) is 11.7. The van der Waals surface area contributed by atoms with E-state index in [1.165, 1.54) is 30.0 Å². The number of phenolic OH excluding ortho intramolecular Hbond substituents is 2. The van der Waals surface area contributed by atoms with Gasteiger partial charge in [-0.3, -0.25) is 14.5 Å². The van der Waals surface area contributed by atoms with E-state index in [0.717, 1.165) is 27.9 Å². The molecule has 0 saturated carbocycles. The monoisotopic (exact) mass is 557 g/mol. The number of hydrogen-bond acceptors (Lipinski definition) is 10. The van der Waals surface area contributed by atoms with E-state index < -0.39 is 23.5 Å². The second-order valence-corrected chi connectivity index (χ2v) is 10.9. The lowest BCUT2D eigenvalue weighted by Gasteiger charge is -2.24. The van der Waals surface area contributed by atoms with Gasteiger partial charge in [0.15, 0.2) is 15.9 Å². The number of amides is 1. The van der Waals surface area contributed by atoms with Gasteiger partial charge in [-0.05, 0) is 29.8 Å². The number of benzene rings is 3. The number of nitrogens with zero attached hydrogens (tertiary/aromatic N) is 3. The highest BCUT2D eigenvalue weighted by molar-refractivity contribution is 8.00. The van der Waals surface area contributed by atoms with Crippen molar-refractivity contribution in [3.8, 4) is 11.5 Å². The number of carbonyl (C=O) groups is 2. The highest BCUT2D eigenvalue weighted by Gasteiger charge is 2.47. The number of aliphatic hydroxyl groups excluding tert-OH is 1. The number of Topliss-reactive ketones (excluding diaryl/α,β-unsaturated/α-hetero) is 1. The van der Waals surface area contributed by atoms with Crippen LogP contribution in [0.2, 0.25) is 0 Å². The molecule has 0 bridgehead atoms. The van der Waals surface area contributed by atoms with Gasteiger partial charge in [0, 0.05) is 22.8 Å². The van der Waals surface area contributed by atoms with Crippen molar-refractivity contribution in [2.24, 2.45) is 0 Å². The average molecular weight is 558 g/mol. The number of thioether (sulfide) groups is 1. The molecule has 1 unspecified atom stereocenters. The normalized spacial score (nSPS) is 15.4. The lowest BCUT2D eigenvalue weighted by atomic mass is 9.94. The molecule has 1 amide bonds. The van der Waals surface area contributed by atoms with Crippen molar-refractivity contribution in [2.45, 2.75) is 16.1 Å². The second-order valence-electron chi connectivity index (χ2n) is 8.69. The van der Waals surface area contributed by atoms with Gasteiger partial charge in [-0.25, -0.2) is 0 Å². The lowest BCUT2D eigenvalue weighted by Crippen LogP contribution is -2.31. The fraction of sp³-hybridized carbons (Fsp3) is 0.0714. The largest absolute Gasteiger partial charge is 0.508 e. The number of phenols is 2. The summed E-state index contributed by atoms with van der Waals surface area (Å²) >= 11 is 2.55. The Morgan fingerprint density at radius 3 is 2.51 bits per heavy atom. The van der Waals surface area contributed by atoms with Gasteiger partial charge in [-0.2, -0.15) is 0 Å². The van der Waals surface area contributed by atoms with E-state index in [4.69, 9.17) is 4.42 Å². The highest BCUT2D eigenvalue weighted by atomic mass is 32.2. The fourth-order valence-electron chi connectivity index (χ4n) is 4.40. The van der Waals surface area contributed by atoms with Gasteiger partial charge in [0.05, 0.1) is 5.57 Å². The Balaban J connectivity index is 1.40. The van der Waals surface area contributed by atoms with Gasteiger partial charge in [0.1, 0.15) is 23.1 Å². The fourth-order valence-corrected chi connectivity index (χ4v) is 6.22. The maximum atomic E-state index is 13.7. The maximum absolute atomic E-state index is 13.7. The smallest absolute Gasteiger partial charge is 0.296 e. The van der Waals surface area contributed by atoms with E-state index in [-0.39, 0.29) is 33.5 Å². The Morgan fingerprint density at radius 2 is 1.74 bits per heavy atom. The number of carbonyl (C=O) groups excluding carboxylic acids is 2. The molecular formula is C28H19N3O6S2. The third kappa shape index (κ3) is 4.51. The van der Waals surface area contributed by atoms with Crippen molar-refractivity contribution in [1.29, 1.82) is 0 Å². The highest BCUT2D eigenvalue weighted by Crippen LogP contribution is 2.46. The molecule has 39 heavy (non-hydrogen) atoms. The van der Waals surface area contributed by atoms with Crippen molar-refractivity contribution in [2.75, 3.05) is 4.90 Å². The zero-order valence-corrected chi connectivity index (χ0v) is 21.6. The van der Waals surface area contributed by atoms with Gasteiger partial charge >= 0.3 is 0 Å². The van der Waals surface area contributed by atoms with Gasteiger partial charge in [-0.1, -0.05) is 71.6 Å². The molecule has 0 saturated heterocycles. The van der Waals surface area contributed by atoms with E-state index in [2.05, 4.69) is 10.2 Å². The number of ketones is 1. The molecule has 1 atom stereocenters. The molecule has 5 aromatic rings. The van der Waals surface area contributed by atoms with Crippen LogP contribution in [0, 0.1) is 0 Å². The van der Waals surface area contributed by atoms with Crippen LogP contribution in [0.5, 0.6) is 11.5 Å². The molecule has 3 heterocycles. The van der Waals surface area contributed by atoms with E-state index in [9.17, 15) is 24.9 Å². The molecule has 1 aliphatic heterocycles.